The summed E-state index contributed by atoms with van der Waals surface area (Å²) < 4.78 is 5.85. The van der Waals surface area contributed by atoms with Gasteiger partial charge in [0.25, 0.3) is 0 Å². The summed E-state index contributed by atoms with van der Waals surface area (Å²) in [5.41, 5.74) is 0. The fourth-order valence-corrected chi connectivity index (χ4v) is 2.29. The van der Waals surface area contributed by atoms with Crippen LogP contribution in [0.3, 0.4) is 0 Å². The Labute approximate surface area is 79.1 Å². The molecule has 0 aromatic rings. The van der Waals surface area contributed by atoms with Gasteiger partial charge < -0.3 is 4.43 Å². The van der Waals surface area contributed by atoms with Crippen LogP contribution >= 0.6 is 15.9 Å². The van der Waals surface area contributed by atoms with E-state index in [1.165, 1.54) is 0 Å². The van der Waals surface area contributed by atoms with Gasteiger partial charge in [-0.05, 0) is 31.0 Å². The lowest BCUT2D eigenvalue weighted by Crippen LogP contribution is -2.30. The molecular weight excluding hydrogens is 220 g/mol. The van der Waals surface area contributed by atoms with E-state index in [2.05, 4.69) is 48.6 Å². The molecule has 0 aromatic carbocycles. The summed E-state index contributed by atoms with van der Waals surface area (Å²) in [6.07, 6.45) is 3.39. The Hall–Kier alpha value is 0.397. The van der Waals surface area contributed by atoms with E-state index in [1.807, 2.05) is 4.99 Å². The predicted molar refractivity (Wildman–Crippen MR) is 56.6 cm³/mol. The number of rotatable bonds is 4. The largest absolute Gasteiger partial charge is 0.411 e. The van der Waals surface area contributed by atoms with Crippen molar-refractivity contribution in [1.82, 2.24) is 0 Å². The normalized spacial score (nSPS) is 15.7. The molecule has 1 atom stereocenters. The van der Waals surface area contributed by atoms with E-state index >= 15 is 0 Å². The van der Waals surface area contributed by atoms with Crippen LogP contribution in [0.2, 0.25) is 19.6 Å². The van der Waals surface area contributed by atoms with Crippen molar-refractivity contribution >= 4 is 24.2 Å². The molecule has 0 rings (SSSR count). The predicted octanol–water partition coefficient (Wildman–Crippen LogP) is 3.53. The zero-order chi connectivity index (χ0) is 8.91. The summed E-state index contributed by atoms with van der Waals surface area (Å²) in [5, 5.41) is 0. The number of halogens is 1. The Bertz CT molecular complexity index is 129. The topological polar surface area (TPSA) is 9.23 Å². The quantitative estimate of drug-likeness (QED) is 0.680. The van der Waals surface area contributed by atoms with Gasteiger partial charge in [-0.25, -0.2) is 0 Å². The highest BCUT2D eigenvalue weighted by Crippen LogP contribution is 2.11. The first-order valence-corrected chi connectivity index (χ1v) is 8.26. The summed E-state index contributed by atoms with van der Waals surface area (Å²) in [5.74, 6) is 0. The molecule has 0 heterocycles. The van der Waals surface area contributed by atoms with Gasteiger partial charge >= 0.3 is 0 Å². The van der Waals surface area contributed by atoms with Crippen LogP contribution in [-0.4, -0.2) is 14.4 Å². The van der Waals surface area contributed by atoms with Crippen LogP contribution in [0, 0.1) is 0 Å². The highest BCUT2D eigenvalue weighted by atomic mass is 79.9. The van der Waals surface area contributed by atoms with Crippen molar-refractivity contribution in [3.63, 3.8) is 0 Å². The molecule has 0 radical (unpaired) electrons. The lowest BCUT2D eigenvalue weighted by Gasteiger charge is -2.22. The minimum Gasteiger partial charge on any atom is -0.411 e. The molecule has 0 aromatic heterocycles. The molecule has 0 saturated heterocycles. The highest BCUT2D eigenvalue weighted by Gasteiger charge is 2.17. The van der Waals surface area contributed by atoms with Crippen LogP contribution in [0.5, 0.6) is 0 Å². The molecule has 0 saturated carbocycles. The average molecular weight is 237 g/mol. The van der Waals surface area contributed by atoms with Crippen LogP contribution in [0.4, 0.5) is 0 Å². The zero-order valence-corrected chi connectivity index (χ0v) is 10.3. The fourth-order valence-electron chi connectivity index (χ4n) is 0.794. The van der Waals surface area contributed by atoms with Gasteiger partial charge in [0.15, 0.2) is 8.32 Å². The lowest BCUT2D eigenvalue weighted by molar-refractivity contribution is 0.238. The first kappa shape index (κ1) is 11.4. The van der Waals surface area contributed by atoms with E-state index in [4.69, 9.17) is 4.43 Å². The van der Waals surface area contributed by atoms with Crippen LogP contribution < -0.4 is 0 Å². The van der Waals surface area contributed by atoms with Gasteiger partial charge in [-0.2, -0.15) is 0 Å². The van der Waals surface area contributed by atoms with Gasteiger partial charge in [0.05, 0.1) is 6.10 Å². The Kier molecular flexibility index (Phi) is 5.30. The summed E-state index contributed by atoms with van der Waals surface area (Å²) in [4.78, 5) is 1.88. The van der Waals surface area contributed by atoms with Crippen LogP contribution in [0.25, 0.3) is 0 Å². The second-order valence-corrected chi connectivity index (χ2v) is 8.48. The monoisotopic (exact) mass is 236 g/mol. The van der Waals surface area contributed by atoms with Gasteiger partial charge in [-0.3, -0.25) is 0 Å². The molecular formula is C8H17BrOSi. The average Bonchev–Trinajstić information content (AvgIpc) is 1.84. The van der Waals surface area contributed by atoms with E-state index in [1.54, 1.807) is 0 Å². The maximum atomic E-state index is 5.85. The van der Waals surface area contributed by atoms with Crippen LogP contribution in [-0.2, 0) is 4.43 Å². The van der Waals surface area contributed by atoms with Crippen LogP contribution in [0.1, 0.15) is 13.3 Å². The second-order valence-electron chi connectivity index (χ2n) is 3.50. The molecule has 0 fully saturated rings. The Balaban J connectivity index is 3.88. The Morgan fingerprint density at radius 3 is 2.27 bits per heavy atom. The van der Waals surface area contributed by atoms with Gasteiger partial charge in [0, 0.05) is 0 Å². The molecule has 1 unspecified atom stereocenters. The summed E-state index contributed by atoms with van der Waals surface area (Å²) in [6.45, 7) is 8.75. The summed E-state index contributed by atoms with van der Waals surface area (Å²) >= 11 is 3.25. The van der Waals surface area contributed by atoms with Crippen molar-refractivity contribution in [3.05, 3.63) is 11.1 Å². The van der Waals surface area contributed by atoms with Crippen molar-refractivity contribution in [3.8, 4) is 0 Å². The minimum atomic E-state index is -1.35. The highest BCUT2D eigenvalue weighted by molar-refractivity contribution is 9.11. The molecule has 0 aliphatic rings. The molecule has 0 N–H and O–H groups in total. The molecule has 0 amide bonds. The standard InChI is InChI=1S/C8H17BrOSi/c1-5-8(6-7-9)10-11(2,3)4/h6-8H,5H2,1-4H3/b7-6+. The SMILES string of the molecule is CCC(/C=C/Br)O[Si](C)(C)C. The van der Waals surface area contributed by atoms with E-state index < -0.39 is 8.32 Å². The summed E-state index contributed by atoms with van der Waals surface area (Å²) in [7, 11) is -1.35. The molecule has 0 spiro atoms. The van der Waals surface area contributed by atoms with Crippen molar-refractivity contribution in [2.45, 2.75) is 39.1 Å². The first-order chi connectivity index (χ1) is 4.99. The van der Waals surface area contributed by atoms with Crippen molar-refractivity contribution in [1.29, 1.82) is 0 Å². The van der Waals surface area contributed by atoms with Crippen molar-refractivity contribution in [2.75, 3.05) is 0 Å². The molecule has 3 heteroatoms. The van der Waals surface area contributed by atoms with Crippen LogP contribution in [0.15, 0.2) is 11.1 Å². The third-order valence-corrected chi connectivity index (χ3v) is 2.51. The van der Waals surface area contributed by atoms with Gasteiger partial charge in [-0.1, -0.05) is 28.9 Å². The maximum Gasteiger partial charge on any atom is 0.184 e. The summed E-state index contributed by atoms with van der Waals surface area (Å²) in [6, 6.07) is 0. The third kappa shape index (κ3) is 6.78. The molecule has 0 aliphatic carbocycles. The molecule has 0 aliphatic heterocycles. The smallest absolute Gasteiger partial charge is 0.184 e. The third-order valence-electron chi connectivity index (χ3n) is 1.19. The number of hydrogen-bond donors (Lipinski definition) is 0. The molecule has 66 valence electrons. The molecule has 1 nitrogen and oxygen atoms in total. The van der Waals surface area contributed by atoms with Gasteiger partial charge in [-0.15, -0.1) is 0 Å². The minimum absolute atomic E-state index is 0.293. The van der Waals surface area contributed by atoms with Gasteiger partial charge in [0.1, 0.15) is 0 Å². The van der Waals surface area contributed by atoms with Crippen molar-refractivity contribution in [2.24, 2.45) is 0 Å². The van der Waals surface area contributed by atoms with E-state index in [0.29, 0.717) is 6.10 Å². The van der Waals surface area contributed by atoms with Crippen molar-refractivity contribution < 1.29 is 4.43 Å². The second kappa shape index (κ2) is 5.12. The maximum absolute atomic E-state index is 5.85. The molecule has 0 bridgehead atoms. The van der Waals surface area contributed by atoms with E-state index in [-0.39, 0.29) is 0 Å². The first-order valence-electron chi connectivity index (χ1n) is 3.94. The van der Waals surface area contributed by atoms with E-state index in [0.717, 1.165) is 6.42 Å². The van der Waals surface area contributed by atoms with Gasteiger partial charge in [0.2, 0.25) is 0 Å². The Morgan fingerprint density at radius 2 is 2.00 bits per heavy atom. The fraction of sp³-hybridized carbons (Fsp3) is 0.750. The van der Waals surface area contributed by atoms with E-state index in [9.17, 15) is 0 Å². The zero-order valence-electron chi connectivity index (χ0n) is 7.73. The Morgan fingerprint density at radius 1 is 1.45 bits per heavy atom. The molecule has 11 heavy (non-hydrogen) atoms. The number of hydrogen-bond acceptors (Lipinski definition) is 1. The lowest BCUT2D eigenvalue weighted by atomic mass is 10.3.